The highest BCUT2D eigenvalue weighted by Crippen LogP contribution is 2.35. The predicted octanol–water partition coefficient (Wildman–Crippen LogP) is 4.00. The number of nitrogens with one attached hydrogen (secondary N) is 1. The van der Waals surface area contributed by atoms with Crippen LogP contribution in [0.5, 0.6) is 0 Å². The lowest BCUT2D eigenvalue weighted by Gasteiger charge is -2.40. The maximum atomic E-state index is 15.1. The molecule has 3 aromatic rings. The van der Waals surface area contributed by atoms with Crippen molar-refractivity contribution in [2.75, 3.05) is 13.1 Å². The number of aromatic nitrogens is 1. The van der Waals surface area contributed by atoms with Crippen molar-refractivity contribution in [2.45, 2.75) is 68.3 Å². The molecule has 1 aromatic heterocycles. The van der Waals surface area contributed by atoms with E-state index in [0.717, 1.165) is 30.5 Å². The van der Waals surface area contributed by atoms with Gasteiger partial charge in [0.15, 0.2) is 5.78 Å². The van der Waals surface area contributed by atoms with E-state index >= 15 is 4.39 Å². The van der Waals surface area contributed by atoms with Gasteiger partial charge in [-0.15, -0.1) is 0 Å². The molecular weight excluding hydrogens is 584 g/mol. The van der Waals surface area contributed by atoms with Gasteiger partial charge in [0.1, 0.15) is 23.3 Å². The molecule has 2 aliphatic rings. The summed E-state index contributed by atoms with van der Waals surface area (Å²) < 4.78 is 85.1. The maximum absolute atomic E-state index is 15.1. The number of sulfonamides is 1. The van der Waals surface area contributed by atoms with Gasteiger partial charge >= 0.3 is 0 Å². The SMILES string of the molecule is C[C@H]1CNC[C@H](CCc2c(F)cncc2CC(=O)[C@@H](N)[C@@H](c2ccc(F)cc2)c2cc(F)cc(F)c2)N1S(=O)(=O)C1CC1. The molecule has 1 aliphatic carbocycles. The number of hydrogen-bond donors (Lipinski definition) is 2. The van der Waals surface area contributed by atoms with Gasteiger partial charge in [-0.25, -0.2) is 26.0 Å². The van der Waals surface area contributed by atoms with Crippen LogP contribution in [0.4, 0.5) is 17.6 Å². The van der Waals surface area contributed by atoms with Crippen LogP contribution in [-0.4, -0.2) is 60.0 Å². The average molecular weight is 619 g/mol. The van der Waals surface area contributed by atoms with Crippen molar-refractivity contribution >= 4 is 15.8 Å². The molecular formula is C31H34F4N4O3S. The van der Waals surface area contributed by atoms with Crippen LogP contribution in [0.1, 0.15) is 54.4 Å². The molecule has 0 unspecified atom stereocenters. The minimum atomic E-state index is -3.47. The number of Topliss-reactive ketones (excluding diaryl/α,β-unsaturated/α-hetero) is 1. The van der Waals surface area contributed by atoms with Crippen LogP contribution >= 0.6 is 0 Å². The highest BCUT2D eigenvalue weighted by atomic mass is 32.2. The molecule has 230 valence electrons. The molecule has 3 N–H and O–H groups in total. The summed E-state index contributed by atoms with van der Waals surface area (Å²) >= 11 is 0. The van der Waals surface area contributed by atoms with Crippen LogP contribution in [0.3, 0.4) is 0 Å². The molecule has 1 aliphatic heterocycles. The lowest BCUT2D eigenvalue weighted by molar-refractivity contribution is -0.119. The molecule has 5 rings (SSSR count). The Morgan fingerprint density at radius 3 is 2.33 bits per heavy atom. The van der Waals surface area contributed by atoms with Crippen LogP contribution in [0.15, 0.2) is 54.9 Å². The minimum absolute atomic E-state index is 0.0958. The highest BCUT2D eigenvalue weighted by Gasteiger charge is 2.45. The van der Waals surface area contributed by atoms with E-state index in [-0.39, 0.29) is 40.8 Å². The number of carbonyl (C=O) groups is 1. The number of halogens is 4. The number of nitrogens with two attached hydrogens (primary N) is 1. The van der Waals surface area contributed by atoms with Crippen LogP contribution < -0.4 is 11.1 Å². The van der Waals surface area contributed by atoms with E-state index in [2.05, 4.69) is 10.3 Å². The Morgan fingerprint density at radius 1 is 1.00 bits per heavy atom. The molecule has 2 fully saturated rings. The van der Waals surface area contributed by atoms with Gasteiger partial charge in [0.05, 0.1) is 17.5 Å². The standard InChI is InChI=1S/C31H34F4N4O3S/c1-18-14-37-16-25(39(18)43(41,42)26-7-8-26)6-9-27-21(15-38-17-28(27)35)12-29(40)31(36)30(19-2-4-22(32)5-3-19)20-10-23(33)13-24(34)11-20/h2-5,10-11,13,15,17-18,25-26,30-31,37H,6-9,12,14,16,36H2,1H3/t18-,25-,30-,31+/m0/s1. The van der Waals surface area contributed by atoms with Crippen molar-refractivity contribution in [3.05, 3.63) is 100 Å². The molecule has 7 nitrogen and oxygen atoms in total. The molecule has 2 aromatic carbocycles. The molecule has 1 saturated heterocycles. The highest BCUT2D eigenvalue weighted by molar-refractivity contribution is 7.90. The second kappa shape index (κ2) is 12.8. The van der Waals surface area contributed by atoms with Gasteiger partial charge in [0.25, 0.3) is 0 Å². The van der Waals surface area contributed by atoms with E-state index in [0.29, 0.717) is 44.0 Å². The van der Waals surface area contributed by atoms with Crippen LogP contribution in [0, 0.1) is 23.3 Å². The fourth-order valence-corrected chi connectivity index (χ4v) is 8.24. The summed E-state index contributed by atoms with van der Waals surface area (Å²) in [5.74, 6) is -4.44. The molecule has 0 amide bonds. The fourth-order valence-electron chi connectivity index (χ4n) is 5.99. The Hall–Kier alpha value is -3.19. The normalized spacial score (nSPS) is 21.0. The van der Waals surface area contributed by atoms with Crippen molar-refractivity contribution in [2.24, 2.45) is 5.73 Å². The third-order valence-electron chi connectivity index (χ3n) is 8.24. The summed E-state index contributed by atoms with van der Waals surface area (Å²) in [4.78, 5) is 17.5. The number of nitrogens with zero attached hydrogens (tertiary/aromatic N) is 2. The lowest BCUT2D eigenvalue weighted by Crippen LogP contribution is -2.59. The van der Waals surface area contributed by atoms with E-state index in [9.17, 15) is 26.4 Å². The minimum Gasteiger partial charge on any atom is -0.321 e. The van der Waals surface area contributed by atoms with Crippen molar-refractivity contribution < 1.29 is 30.8 Å². The first-order chi connectivity index (χ1) is 20.5. The van der Waals surface area contributed by atoms with Gasteiger partial charge in [-0.05, 0) is 79.1 Å². The molecule has 1 saturated carbocycles. The Morgan fingerprint density at radius 2 is 1.67 bits per heavy atom. The Labute approximate surface area is 248 Å². The molecule has 43 heavy (non-hydrogen) atoms. The molecule has 0 bridgehead atoms. The maximum Gasteiger partial charge on any atom is 0.217 e. The van der Waals surface area contributed by atoms with E-state index in [4.69, 9.17) is 5.73 Å². The zero-order chi connectivity index (χ0) is 30.9. The average Bonchev–Trinajstić information content (AvgIpc) is 3.80. The third kappa shape index (κ3) is 6.98. The largest absolute Gasteiger partial charge is 0.321 e. The lowest BCUT2D eigenvalue weighted by atomic mass is 9.82. The summed E-state index contributed by atoms with van der Waals surface area (Å²) in [6.07, 6.45) is 3.84. The first kappa shape index (κ1) is 31.2. The van der Waals surface area contributed by atoms with Crippen LogP contribution in [0.2, 0.25) is 0 Å². The van der Waals surface area contributed by atoms with E-state index in [1.807, 2.05) is 6.92 Å². The van der Waals surface area contributed by atoms with Gasteiger partial charge in [-0.1, -0.05) is 12.1 Å². The number of piperazine rings is 1. The Kier molecular flexibility index (Phi) is 9.31. The summed E-state index contributed by atoms with van der Waals surface area (Å²) in [7, 11) is -3.47. The van der Waals surface area contributed by atoms with Crippen molar-refractivity contribution in [1.29, 1.82) is 0 Å². The van der Waals surface area contributed by atoms with Gasteiger partial charge in [-0.2, -0.15) is 4.31 Å². The van der Waals surface area contributed by atoms with Crippen molar-refractivity contribution in [3.63, 3.8) is 0 Å². The van der Waals surface area contributed by atoms with Gasteiger partial charge in [-0.3, -0.25) is 9.78 Å². The third-order valence-corrected chi connectivity index (χ3v) is 10.8. The Balaban J connectivity index is 1.38. The molecule has 0 radical (unpaired) electrons. The van der Waals surface area contributed by atoms with Crippen LogP contribution in [-0.2, 0) is 27.7 Å². The summed E-state index contributed by atoms with van der Waals surface area (Å²) in [6.45, 7) is 2.79. The van der Waals surface area contributed by atoms with E-state index in [1.165, 1.54) is 18.3 Å². The van der Waals surface area contributed by atoms with Gasteiger partial charge in [0.2, 0.25) is 10.0 Å². The van der Waals surface area contributed by atoms with Gasteiger partial charge in [0, 0.05) is 49.8 Å². The summed E-state index contributed by atoms with van der Waals surface area (Å²) in [6, 6.07) is 6.00. The molecule has 0 spiro atoms. The van der Waals surface area contributed by atoms with E-state index in [1.54, 1.807) is 4.31 Å². The Bertz CT molecular complexity index is 1560. The zero-order valence-corrected chi connectivity index (χ0v) is 24.5. The number of ketones is 1. The first-order valence-electron chi connectivity index (χ1n) is 14.3. The number of benzene rings is 2. The fraction of sp³-hybridized carbons (Fsp3) is 0.419. The summed E-state index contributed by atoms with van der Waals surface area (Å²) in [5.41, 5.74) is 7.41. The van der Waals surface area contributed by atoms with Gasteiger partial charge < -0.3 is 11.1 Å². The second-order valence-electron chi connectivity index (χ2n) is 11.4. The number of rotatable bonds is 11. The molecule has 4 atom stereocenters. The van der Waals surface area contributed by atoms with Crippen LogP contribution in [0.25, 0.3) is 0 Å². The smallest absolute Gasteiger partial charge is 0.217 e. The zero-order valence-electron chi connectivity index (χ0n) is 23.6. The van der Waals surface area contributed by atoms with Crippen molar-refractivity contribution in [3.8, 4) is 0 Å². The quantitative estimate of drug-likeness (QED) is 0.315. The monoisotopic (exact) mass is 618 g/mol. The van der Waals surface area contributed by atoms with Crippen molar-refractivity contribution in [1.82, 2.24) is 14.6 Å². The predicted molar refractivity (Wildman–Crippen MR) is 154 cm³/mol. The number of hydrogen-bond acceptors (Lipinski definition) is 6. The number of pyridine rings is 1. The van der Waals surface area contributed by atoms with E-state index < -0.39 is 57.1 Å². The summed E-state index contributed by atoms with van der Waals surface area (Å²) in [5, 5.41) is 2.88. The second-order valence-corrected chi connectivity index (χ2v) is 13.6. The topological polar surface area (TPSA) is 105 Å². The molecule has 12 heteroatoms. The first-order valence-corrected chi connectivity index (χ1v) is 15.8. The number of carbonyl (C=O) groups excluding carboxylic acids is 1. The molecule has 2 heterocycles.